The summed E-state index contributed by atoms with van der Waals surface area (Å²) in [7, 11) is -3.50. The van der Waals surface area contributed by atoms with Crippen LogP contribution in [0.3, 0.4) is 0 Å². The van der Waals surface area contributed by atoms with E-state index in [0.29, 0.717) is 44.6 Å². The molecule has 1 aromatic carbocycles. The number of aromatic nitrogens is 2. The van der Waals surface area contributed by atoms with Gasteiger partial charge in [0.05, 0.1) is 23.9 Å². The number of carbonyl (C=O) groups excluding carboxylic acids is 1. The molecule has 1 saturated carbocycles. The molecule has 0 atom stereocenters. The van der Waals surface area contributed by atoms with Gasteiger partial charge in [-0.25, -0.2) is 13.4 Å². The number of hydrogen-bond donors (Lipinski definition) is 1. The van der Waals surface area contributed by atoms with Crippen LogP contribution in [0.15, 0.2) is 46.7 Å². The maximum Gasteiger partial charge on any atom is 0.243 e. The fourth-order valence-corrected chi connectivity index (χ4v) is 5.40. The molecule has 1 aromatic heterocycles. The van der Waals surface area contributed by atoms with Gasteiger partial charge in [0, 0.05) is 38.1 Å². The summed E-state index contributed by atoms with van der Waals surface area (Å²) in [6.07, 6.45) is 6.08. The SMILES string of the molecule is O=C(CSc1nccn1C1CC1)NCc1ccc(S(=O)(=O)N2CCOCC2)cc1. The number of morpholine rings is 1. The second kappa shape index (κ2) is 8.86. The van der Waals surface area contributed by atoms with Crippen molar-refractivity contribution in [1.82, 2.24) is 19.2 Å². The second-order valence-electron chi connectivity index (χ2n) is 7.07. The standard InChI is InChI=1S/C19H24N4O4S2/c24-18(14-28-19-20-7-8-23(19)16-3-4-16)21-13-15-1-5-17(6-2-15)29(25,26)22-9-11-27-12-10-22/h1-2,5-8,16H,3-4,9-14H2,(H,21,24). The van der Waals surface area contributed by atoms with Gasteiger partial charge in [-0.2, -0.15) is 4.31 Å². The predicted octanol–water partition coefficient (Wildman–Crippen LogP) is 1.65. The zero-order chi connectivity index (χ0) is 20.3. The van der Waals surface area contributed by atoms with Crippen molar-refractivity contribution in [3.8, 4) is 0 Å². The molecule has 1 N–H and O–H groups in total. The summed E-state index contributed by atoms with van der Waals surface area (Å²) in [5, 5.41) is 3.75. The lowest BCUT2D eigenvalue weighted by atomic mass is 10.2. The Bertz CT molecular complexity index is 949. The molecule has 0 radical (unpaired) electrons. The summed E-state index contributed by atoms with van der Waals surface area (Å²) in [5.74, 6) is 0.220. The molecule has 2 fully saturated rings. The largest absolute Gasteiger partial charge is 0.379 e. The van der Waals surface area contributed by atoms with Crippen LogP contribution in [-0.2, 0) is 26.1 Å². The van der Waals surface area contributed by atoms with E-state index in [1.54, 1.807) is 30.5 Å². The number of imidazole rings is 1. The first-order valence-electron chi connectivity index (χ1n) is 9.63. The summed E-state index contributed by atoms with van der Waals surface area (Å²) >= 11 is 1.43. The Labute approximate surface area is 174 Å². The third kappa shape index (κ3) is 5.00. The Balaban J connectivity index is 1.27. The van der Waals surface area contributed by atoms with Gasteiger partial charge in [0.1, 0.15) is 0 Å². The van der Waals surface area contributed by atoms with Gasteiger partial charge in [-0.1, -0.05) is 23.9 Å². The van der Waals surface area contributed by atoms with Crippen LogP contribution in [0.25, 0.3) is 0 Å². The van der Waals surface area contributed by atoms with Gasteiger partial charge in [0.2, 0.25) is 15.9 Å². The van der Waals surface area contributed by atoms with Gasteiger partial charge in [-0.15, -0.1) is 0 Å². The van der Waals surface area contributed by atoms with Crippen molar-refractivity contribution in [2.45, 2.75) is 35.5 Å². The van der Waals surface area contributed by atoms with Gasteiger partial charge in [-0.05, 0) is 30.5 Å². The van der Waals surface area contributed by atoms with E-state index in [0.717, 1.165) is 10.7 Å². The number of nitrogens with one attached hydrogen (secondary N) is 1. The molecule has 0 spiro atoms. The van der Waals surface area contributed by atoms with E-state index in [2.05, 4.69) is 14.9 Å². The molecule has 10 heteroatoms. The Morgan fingerprint density at radius 2 is 1.93 bits per heavy atom. The number of benzene rings is 1. The van der Waals surface area contributed by atoms with Crippen LogP contribution in [0, 0.1) is 0 Å². The van der Waals surface area contributed by atoms with E-state index in [1.165, 1.54) is 28.9 Å². The minimum absolute atomic E-state index is 0.0784. The smallest absolute Gasteiger partial charge is 0.243 e. The van der Waals surface area contributed by atoms with E-state index in [1.807, 2.05) is 6.20 Å². The number of carbonyl (C=O) groups is 1. The van der Waals surface area contributed by atoms with Crippen molar-refractivity contribution in [3.05, 3.63) is 42.2 Å². The van der Waals surface area contributed by atoms with Crippen LogP contribution in [0.4, 0.5) is 0 Å². The molecular weight excluding hydrogens is 412 g/mol. The molecule has 1 aliphatic carbocycles. The van der Waals surface area contributed by atoms with Crippen LogP contribution in [0.1, 0.15) is 24.4 Å². The third-order valence-corrected chi connectivity index (χ3v) is 7.82. The maximum atomic E-state index is 12.6. The Kier molecular flexibility index (Phi) is 6.23. The molecule has 29 heavy (non-hydrogen) atoms. The molecule has 0 bridgehead atoms. The van der Waals surface area contributed by atoms with Gasteiger partial charge in [-0.3, -0.25) is 4.79 Å². The van der Waals surface area contributed by atoms with E-state index >= 15 is 0 Å². The van der Waals surface area contributed by atoms with E-state index < -0.39 is 10.0 Å². The number of hydrogen-bond acceptors (Lipinski definition) is 6. The number of rotatable bonds is 8. The van der Waals surface area contributed by atoms with E-state index in [9.17, 15) is 13.2 Å². The first-order chi connectivity index (χ1) is 14.0. The van der Waals surface area contributed by atoms with Crippen molar-refractivity contribution in [2.24, 2.45) is 0 Å². The predicted molar refractivity (Wildman–Crippen MR) is 109 cm³/mol. The number of sulfonamides is 1. The van der Waals surface area contributed by atoms with Crippen LogP contribution in [0.2, 0.25) is 0 Å². The molecule has 4 rings (SSSR count). The minimum Gasteiger partial charge on any atom is -0.379 e. The number of ether oxygens (including phenoxy) is 1. The fraction of sp³-hybridized carbons (Fsp3) is 0.474. The Hall–Kier alpha value is -1.88. The average Bonchev–Trinajstić information content (AvgIpc) is 3.49. The monoisotopic (exact) mass is 436 g/mol. The minimum atomic E-state index is -3.50. The van der Waals surface area contributed by atoms with Crippen molar-refractivity contribution < 1.29 is 17.9 Å². The van der Waals surface area contributed by atoms with Gasteiger partial charge >= 0.3 is 0 Å². The van der Waals surface area contributed by atoms with E-state index in [-0.39, 0.29) is 10.8 Å². The molecule has 0 unspecified atom stereocenters. The molecule has 156 valence electrons. The summed E-state index contributed by atoms with van der Waals surface area (Å²) in [5.41, 5.74) is 0.851. The highest BCUT2D eigenvalue weighted by molar-refractivity contribution is 7.99. The fourth-order valence-electron chi connectivity index (χ4n) is 3.14. The highest BCUT2D eigenvalue weighted by atomic mass is 32.2. The first-order valence-corrected chi connectivity index (χ1v) is 12.1. The zero-order valence-electron chi connectivity index (χ0n) is 16.0. The molecule has 1 saturated heterocycles. The van der Waals surface area contributed by atoms with Crippen molar-refractivity contribution >= 4 is 27.7 Å². The van der Waals surface area contributed by atoms with E-state index in [4.69, 9.17) is 4.74 Å². The van der Waals surface area contributed by atoms with Crippen molar-refractivity contribution in [1.29, 1.82) is 0 Å². The van der Waals surface area contributed by atoms with Crippen LogP contribution in [-0.4, -0.2) is 60.2 Å². The highest BCUT2D eigenvalue weighted by Crippen LogP contribution is 2.37. The zero-order valence-corrected chi connectivity index (χ0v) is 17.6. The van der Waals surface area contributed by atoms with Crippen LogP contribution >= 0.6 is 11.8 Å². The van der Waals surface area contributed by atoms with Gasteiger partial charge < -0.3 is 14.6 Å². The molecule has 1 amide bonds. The van der Waals surface area contributed by atoms with Crippen molar-refractivity contribution in [3.63, 3.8) is 0 Å². The number of amides is 1. The lowest BCUT2D eigenvalue weighted by Crippen LogP contribution is -2.40. The molecule has 2 heterocycles. The lowest BCUT2D eigenvalue weighted by molar-refractivity contribution is -0.118. The summed E-state index contributed by atoms with van der Waals surface area (Å²) in [4.78, 5) is 16.7. The molecule has 1 aliphatic heterocycles. The molecule has 2 aliphatic rings. The number of thioether (sulfide) groups is 1. The van der Waals surface area contributed by atoms with Gasteiger partial charge in [0.15, 0.2) is 5.16 Å². The number of nitrogens with zero attached hydrogens (tertiary/aromatic N) is 3. The first kappa shape index (κ1) is 20.4. The van der Waals surface area contributed by atoms with Crippen molar-refractivity contribution in [2.75, 3.05) is 32.1 Å². The highest BCUT2D eigenvalue weighted by Gasteiger charge is 2.26. The maximum absolute atomic E-state index is 12.6. The Morgan fingerprint density at radius 1 is 1.21 bits per heavy atom. The summed E-state index contributed by atoms with van der Waals surface area (Å²) in [6.45, 7) is 1.94. The Morgan fingerprint density at radius 3 is 2.62 bits per heavy atom. The molecular formula is C19H24N4O4S2. The lowest BCUT2D eigenvalue weighted by Gasteiger charge is -2.26. The van der Waals surface area contributed by atoms with Crippen LogP contribution in [0.5, 0.6) is 0 Å². The summed E-state index contributed by atoms with van der Waals surface area (Å²) in [6, 6.07) is 7.19. The topological polar surface area (TPSA) is 93.5 Å². The second-order valence-corrected chi connectivity index (χ2v) is 9.95. The summed E-state index contributed by atoms with van der Waals surface area (Å²) < 4.78 is 34.1. The quantitative estimate of drug-likeness (QED) is 0.633. The van der Waals surface area contributed by atoms with Gasteiger partial charge in [0.25, 0.3) is 0 Å². The molecule has 2 aromatic rings. The normalized spacial score (nSPS) is 17.9. The average molecular weight is 437 g/mol. The van der Waals surface area contributed by atoms with Crippen LogP contribution < -0.4 is 5.32 Å². The third-order valence-electron chi connectivity index (χ3n) is 4.93. The molecule has 8 nitrogen and oxygen atoms in total.